The number of carbonyl (C=O) groups excluding carboxylic acids is 2. The van der Waals surface area contributed by atoms with Crippen molar-refractivity contribution in [3.8, 4) is 11.5 Å². The number of methoxy groups -OCH3 is 2. The number of hydrogen-bond acceptors (Lipinski definition) is 6. The molecule has 160 valence electrons. The molecule has 30 heavy (non-hydrogen) atoms. The monoisotopic (exact) mass is 418 g/mol. The van der Waals surface area contributed by atoms with Crippen LogP contribution >= 0.6 is 0 Å². The third-order valence-electron chi connectivity index (χ3n) is 4.17. The standard InChI is InChI=1S/C20H23FN4O5/c1-28-13-5-6-14(15(21)8-13)18(29-2)20(27)25-9-12-4-3-11(19(23)24)7-16(12)30-10-17(22)26/h3-8,18H,9-10H2,1-2H3,(H2,22,26)(H3,23,24)(H,25,27)/t18-/m0/s1. The van der Waals surface area contributed by atoms with Crippen molar-refractivity contribution in [2.75, 3.05) is 20.8 Å². The van der Waals surface area contributed by atoms with Gasteiger partial charge in [-0.25, -0.2) is 4.39 Å². The lowest BCUT2D eigenvalue weighted by molar-refractivity contribution is -0.131. The summed E-state index contributed by atoms with van der Waals surface area (Å²) in [6.45, 7) is -0.400. The Hall–Kier alpha value is -3.66. The average molecular weight is 418 g/mol. The van der Waals surface area contributed by atoms with Crippen LogP contribution in [0.3, 0.4) is 0 Å². The maximum atomic E-state index is 14.3. The maximum absolute atomic E-state index is 14.3. The number of hydrogen-bond donors (Lipinski definition) is 4. The molecule has 6 N–H and O–H groups in total. The van der Waals surface area contributed by atoms with Crippen LogP contribution in [0.15, 0.2) is 36.4 Å². The summed E-state index contributed by atoms with van der Waals surface area (Å²) >= 11 is 0. The van der Waals surface area contributed by atoms with Gasteiger partial charge >= 0.3 is 0 Å². The van der Waals surface area contributed by atoms with E-state index in [0.717, 1.165) is 6.07 Å². The van der Waals surface area contributed by atoms with E-state index in [1.54, 1.807) is 12.1 Å². The highest BCUT2D eigenvalue weighted by atomic mass is 19.1. The number of benzene rings is 2. The van der Waals surface area contributed by atoms with Crippen molar-refractivity contribution >= 4 is 17.6 Å². The topological polar surface area (TPSA) is 150 Å². The number of primary amides is 1. The molecular formula is C20H23FN4O5. The van der Waals surface area contributed by atoms with E-state index in [2.05, 4.69) is 5.32 Å². The van der Waals surface area contributed by atoms with E-state index in [-0.39, 0.29) is 30.3 Å². The summed E-state index contributed by atoms with van der Waals surface area (Å²) in [7, 11) is 2.70. The Morgan fingerprint density at radius 3 is 2.47 bits per heavy atom. The third kappa shape index (κ3) is 5.67. The first-order valence-electron chi connectivity index (χ1n) is 8.79. The zero-order chi connectivity index (χ0) is 22.3. The summed E-state index contributed by atoms with van der Waals surface area (Å²) in [6.07, 6.45) is -1.19. The molecule has 2 amide bonds. The molecule has 0 heterocycles. The van der Waals surface area contributed by atoms with Crippen molar-refractivity contribution in [1.82, 2.24) is 5.32 Å². The van der Waals surface area contributed by atoms with Gasteiger partial charge in [0.1, 0.15) is 23.2 Å². The number of carbonyl (C=O) groups is 2. The number of halogens is 1. The van der Waals surface area contributed by atoms with Crippen LogP contribution in [0.4, 0.5) is 4.39 Å². The van der Waals surface area contributed by atoms with Gasteiger partial charge in [-0.1, -0.05) is 12.1 Å². The summed E-state index contributed by atoms with van der Waals surface area (Å²) in [4.78, 5) is 23.6. The molecule has 0 aliphatic heterocycles. The highest BCUT2D eigenvalue weighted by molar-refractivity contribution is 5.95. The summed E-state index contributed by atoms with van der Waals surface area (Å²) in [6, 6.07) is 8.70. The first kappa shape index (κ1) is 22.6. The summed E-state index contributed by atoms with van der Waals surface area (Å²) in [5, 5.41) is 10.2. The summed E-state index contributed by atoms with van der Waals surface area (Å²) < 4.78 is 29.8. The van der Waals surface area contributed by atoms with E-state index >= 15 is 0 Å². The van der Waals surface area contributed by atoms with Gasteiger partial charge in [0.25, 0.3) is 11.8 Å². The molecule has 1 atom stereocenters. The second-order valence-corrected chi connectivity index (χ2v) is 6.21. The van der Waals surface area contributed by atoms with E-state index < -0.39 is 23.7 Å². The van der Waals surface area contributed by atoms with E-state index in [0.29, 0.717) is 16.9 Å². The average Bonchev–Trinajstić information content (AvgIpc) is 2.72. The second-order valence-electron chi connectivity index (χ2n) is 6.21. The molecule has 0 aromatic heterocycles. The molecule has 0 bridgehead atoms. The number of nitrogens with two attached hydrogens (primary N) is 2. The van der Waals surface area contributed by atoms with E-state index in [1.807, 2.05) is 0 Å². The fraction of sp³-hybridized carbons (Fsp3) is 0.250. The lowest BCUT2D eigenvalue weighted by Gasteiger charge is -2.18. The fourth-order valence-electron chi connectivity index (χ4n) is 2.65. The summed E-state index contributed by atoms with van der Waals surface area (Å²) in [5.41, 5.74) is 11.5. The zero-order valence-corrected chi connectivity index (χ0v) is 16.5. The van der Waals surface area contributed by atoms with Gasteiger partial charge in [-0.3, -0.25) is 15.0 Å². The van der Waals surface area contributed by atoms with Crippen LogP contribution in [0.5, 0.6) is 11.5 Å². The second kappa shape index (κ2) is 10.2. The number of nitrogen functional groups attached to an aromatic ring is 1. The quantitative estimate of drug-likeness (QED) is 0.334. The smallest absolute Gasteiger partial charge is 0.255 e. The van der Waals surface area contributed by atoms with E-state index in [1.165, 1.54) is 32.4 Å². The maximum Gasteiger partial charge on any atom is 0.255 e. The summed E-state index contributed by atoms with van der Waals surface area (Å²) in [5.74, 6) is -1.57. The SMILES string of the molecule is COc1ccc([C@H](OC)C(=O)NCc2ccc(C(=N)N)cc2OCC(N)=O)c(F)c1. The Labute approximate surface area is 172 Å². The predicted molar refractivity (Wildman–Crippen MR) is 107 cm³/mol. The molecule has 0 saturated carbocycles. The van der Waals surface area contributed by atoms with Gasteiger partial charge in [-0.15, -0.1) is 0 Å². The number of amidine groups is 1. The van der Waals surface area contributed by atoms with Gasteiger partial charge < -0.3 is 31.0 Å². The normalized spacial score (nSPS) is 11.4. The van der Waals surface area contributed by atoms with Crippen molar-refractivity contribution in [1.29, 1.82) is 5.41 Å². The number of rotatable bonds is 10. The molecule has 2 aromatic rings. The van der Waals surface area contributed by atoms with Gasteiger partial charge in [0.15, 0.2) is 12.7 Å². The van der Waals surface area contributed by atoms with Gasteiger partial charge in [-0.05, 0) is 18.2 Å². The van der Waals surface area contributed by atoms with Crippen molar-refractivity contribution in [2.45, 2.75) is 12.6 Å². The Kier molecular flexibility index (Phi) is 7.70. The van der Waals surface area contributed by atoms with Gasteiger partial charge in [0.2, 0.25) is 0 Å². The molecule has 2 rings (SSSR count). The lowest BCUT2D eigenvalue weighted by Crippen LogP contribution is -2.31. The Bertz CT molecular complexity index is 951. The number of nitrogens with one attached hydrogen (secondary N) is 2. The Morgan fingerprint density at radius 2 is 1.90 bits per heavy atom. The molecular weight excluding hydrogens is 395 g/mol. The van der Waals surface area contributed by atoms with Crippen LogP contribution in [-0.4, -0.2) is 38.5 Å². The molecule has 2 aromatic carbocycles. The molecule has 0 saturated heterocycles. The highest BCUT2D eigenvalue weighted by Gasteiger charge is 2.24. The molecule has 0 aliphatic rings. The first-order chi connectivity index (χ1) is 14.3. The minimum Gasteiger partial charge on any atom is -0.497 e. The molecule has 0 aliphatic carbocycles. The molecule has 0 spiro atoms. The first-order valence-corrected chi connectivity index (χ1v) is 8.79. The lowest BCUT2D eigenvalue weighted by atomic mass is 10.1. The van der Waals surface area contributed by atoms with Crippen LogP contribution < -0.4 is 26.3 Å². The van der Waals surface area contributed by atoms with E-state index in [4.69, 9.17) is 31.1 Å². The molecule has 0 unspecified atom stereocenters. The molecule has 0 fully saturated rings. The third-order valence-corrected chi connectivity index (χ3v) is 4.17. The van der Waals surface area contributed by atoms with Crippen molar-refractivity contribution < 1.29 is 28.2 Å². The largest absolute Gasteiger partial charge is 0.497 e. The predicted octanol–water partition coefficient (Wildman–Crippen LogP) is 0.986. The zero-order valence-electron chi connectivity index (χ0n) is 16.5. The van der Waals surface area contributed by atoms with Gasteiger partial charge in [0.05, 0.1) is 7.11 Å². The molecule has 0 radical (unpaired) electrons. The van der Waals surface area contributed by atoms with Crippen LogP contribution in [0.1, 0.15) is 22.8 Å². The van der Waals surface area contributed by atoms with Crippen molar-refractivity contribution in [2.24, 2.45) is 11.5 Å². The Balaban J connectivity index is 2.18. The van der Waals surface area contributed by atoms with Crippen LogP contribution in [-0.2, 0) is 20.9 Å². The van der Waals surface area contributed by atoms with Gasteiger partial charge in [-0.2, -0.15) is 0 Å². The Morgan fingerprint density at radius 1 is 1.17 bits per heavy atom. The van der Waals surface area contributed by atoms with Crippen molar-refractivity contribution in [3.63, 3.8) is 0 Å². The van der Waals surface area contributed by atoms with Gasteiger partial charge in [0, 0.05) is 36.4 Å². The van der Waals surface area contributed by atoms with E-state index in [9.17, 15) is 14.0 Å². The minimum atomic E-state index is -1.19. The molecule has 9 nitrogen and oxygen atoms in total. The highest BCUT2D eigenvalue weighted by Crippen LogP contribution is 2.25. The number of amides is 2. The van der Waals surface area contributed by atoms with Crippen LogP contribution in [0, 0.1) is 11.2 Å². The van der Waals surface area contributed by atoms with Crippen molar-refractivity contribution in [3.05, 3.63) is 58.9 Å². The molecule has 10 heteroatoms. The fourth-order valence-corrected chi connectivity index (χ4v) is 2.65. The number of ether oxygens (including phenoxy) is 3. The minimum absolute atomic E-state index is 0.0112. The van der Waals surface area contributed by atoms with Crippen LogP contribution in [0.2, 0.25) is 0 Å². The van der Waals surface area contributed by atoms with Crippen LogP contribution in [0.25, 0.3) is 0 Å².